The van der Waals surface area contributed by atoms with Gasteiger partial charge >= 0.3 is 6.41 Å². The first kappa shape index (κ1) is 8.21. The molecular formula is C7H12NO. The van der Waals surface area contributed by atoms with E-state index >= 15 is 0 Å². The van der Waals surface area contributed by atoms with Crippen LogP contribution in [0.25, 0.3) is 0 Å². The fourth-order valence-electron chi connectivity index (χ4n) is 0.498. The van der Waals surface area contributed by atoms with Crippen molar-refractivity contribution in [2.45, 2.75) is 26.2 Å². The normalized spacial score (nSPS) is 9.89. The molecule has 0 bridgehead atoms. The van der Waals surface area contributed by atoms with Gasteiger partial charge in [-0.05, 0) is 6.42 Å². The van der Waals surface area contributed by atoms with Crippen molar-refractivity contribution in [2.24, 2.45) is 0 Å². The van der Waals surface area contributed by atoms with Gasteiger partial charge in [-0.1, -0.05) is 25.8 Å². The molecule has 0 atom stereocenters. The molecule has 0 aromatic rings. The highest BCUT2D eigenvalue weighted by Crippen LogP contribution is 1.92. The number of nitrogens with one attached hydrogen (secondary N) is 1. The maximum atomic E-state index is 9.55. The summed E-state index contributed by atoms with van der Waals surface area (Å²) in [6, 6.07) is 0. The molecule has 0 aliphatic heterocycles. The topological polar surface area (TPSA) is 29.1 Å². The summed E-state index contributed by atoms with van der Waals surface area (Å²) >= 11 is 0. The lowest BCUT2D eigenvalue weighted by molar-refractivity contribution is 0.550. The Hall–Kier alpha value is -0.790. The summed E-state index contributed by atoms with van der Waals surface area (Å²) in [5.74, 6) is 0. The summed E-state index contributed by atoms with van der Waals surface area (Å²) in [6.07, 6.45) is 8.50. The number of hydrogen-bond acceptors (Lipinski definition) is 1. The second kappa shape index (κ2) is 7.21. The maximum Gasteiger partial charge on any atom is 0.313 e. The summed E-state index contributed by atoms with van der Waals surface area (Å²) in [5.41, 5.74) is 0. The van der Waals surface area contributed by atoms with Crippen molar-refractivity contribution in [1.29, 1.82) is 0 Å². The molecule has 9 heavy (non-hydrogen) atoms. The zero-order valence-electron chi connectivity index (χ0n) is 5.68. The Bertz CT molecular complexity index is 88.9. The molecule has 1 N–H and O–H groups in total. The smallest absolute Gasteiger partial charge is 0.313 e. The molecule has 0 spiro atoms. The third-order valence-corrected chi connectivity index (χ3v) is 0.984. The Morgan fingerprint density at radius 2 is 2.44 bits per heavy atom. The Morgan fingerprint density at radius 1 is 1.67 bits per heavy atom. The highest BCUT2D eigenvalue weighted by Gasteiger charge is 1.75. The van der Waals surface area contributed by atoms with Crippen molar-refractivity contribution in [3.05, 3.63) is 12.3 Å². The van der Waals surface area contributed by atoms with Gasteiger partial charge in [0.2, 0.25) is 0 Å². The van der Waals surface area contributed by atoms with E-state index in [1.54, 1.807) is 12.6 Å². The van der Waals surface area contributed by atoms with Gasteiger partial charge in [-0.15, -0.1) is 0 Å². The molecule has 0 saturated heterocycles. The number of hydrogen-bond donors (Lipinski definition) is 1. The number of amides is 1. The summed E-state index contributed by atoms with van der Waals surface area (Å²) in [7, 11) is 0. The fraction of sp³-hybridized carbons (Fsp3) is 0.571. The van der Waals surface area contributed by atoms with Gasteiger partial charge < -0.3 is 5.32 Å². The van der Waals surface area contributed by atoms with Crippen molar-refractivity contribution in [2.75, 3.05) is 0 Å². The quantitative estimate of drug-likeness (QED) is 0.437. The van der Waals surface area contributed by atoms with Crippen molar-refractivity contribution in [1.82, 2.24) is 5.32 Å². The molecular weight excluding hydrogens is 114 g/mol. The highest BCUT2D eigenvalue weighted by atomic mass is 16.1. The van der Waals surface area contributed by atoms with Crippen molar-refractivity contribution >= 4 is 6.41 Å². The first-order chi connectivity index (χ1) is 4.41. The Kier molecular flexibility index (Phi) is 6.58. The van der Waals surface area contributed by atoms with Crippen molar-refractivity contribution in [3.63, 3.8) is 0 Å². The third-order valence-electron chi connectivity index (χ3n) is 0.984. The van der Waals surface area contributed by atoms with Crippen LogP contribution >= 0.6 is 0 Å². The molecule has 0 aliphatic rings. The van der Waals surface area contributed by atoms with Gasteiger partial charge in [0.05, 0.1) is 0 Å². The van der Waals surface area contributed by atoms with E-state index in [-0.39, 0.29) is 0 Å². The van der Waals surface area contributed by atoms with Gasteiger partial charge in [0.25, 0.3) is 0 Å². The van der Waals surface area contributed by atoms with Crippen LogP contribution in [0.1, 0.15) is 26.2 Å². The van der Waals surface area contributed by atoms with Crippen LogP contribution in [-0.4, -0.2) is 6.41 Å². The SMILES string of the molecule is CCCC/C=C/N[C]=O. The van der Waals surface area contributed by atoms with Crippen LogP contribution in [0.4, 0.5) is 0 Å². The number of allylic oxidation sites excluding steroid dienone is 1. The zero-order chi connectivity index (χ0) is 6.95. The van der Waals surface area contributed by atoms with Gasteiger partial charge in [-0.25, -0.2) is 0 Å². The molecule has 0 rings (SSSR count). The molecule has 0 saturated carbocycles. The van der Waals surface area contributed by atoms with E-state index in [2.05, 4.69) is 12.2 Å². The largest absolute Gasteiger partial charge is 0.325 e. The van der Waals surface area contributed by atoms with E-state index in [1.807, 2.05) is 6.08 Å². The first-order valence-corrected chi connectivity index (χ1v) is 3.19. The van der Waals surface area contributed by atoms with Gasteiger partial charge in [-0.3, -0.25) is 4.79 Å². The fourth-order valence-corrected chi connectivity index (χ4v) is 0.498. The van der Waals surface area contributed by atoms with Gasteiger partial charge in [0, 0.05) is 6.20 Å². The van der Waals surface area contributed by atoms with Gasteiger partial charge in [0.1, 0.15) is 0 Å². The summed E-state index contributed by atoms with van der Waals surface area (Å²) < 4.78 is 0. The van der Waals surface area contributed by atoms with E-state index in [0.29, 0.717) is 0 Å². The second-order valence-electron chi connectivity index (χ2n) is 1.79. The number of unbranched alkanes of at least 4 members (excludes halogenated alkanes) is 2. The van der Waals surface area contributed by atoms with E-state index in [0.717, 1.165) is 6.42 Å². The minimum Gasteiger partial charge on any atom is -0.325 e. The highest BCUT2D eigenvalue weighted by molar-refractivity contribution is 5.48. The van der Waals surface area contributed by atoms with Crippen molar-refractivity contribution < 1.29 is 4.79 Å². The molecule has 0 aliphatic carbocycles. The first-order valence-electron chi connectivity index (χ1n) is 3.19. The molecule has 0 aromatic carbocycles. The molecule has 0 fully saturated rings. The van der Waals surface area contributed by atoms with Crippen molar-refractivity contribution in [3.8, 4) is 0 Å². The summed E-state index contributed by atoms with van der Waals surface area (Å²) in [4.78, 5) is 9.55. The maximum absolute atomic E-state index is 9.55. The Balaban J connectivity index is 2.94. The molecule has 0 unspecified atom stereocenters. The minimum absolute atomic E-state index is 1.03. The predicted octanol–water partition coefficient (Wildman–Crippen LogP) is 1.35. The van der Waals surface area contributed by atoms with E-state index in [1.165, 1.54) is 12.8 Å². The van der Waals surface area contributed by atoms with Crippen LogP contribution in [0.5, 0.6) is 0 Å². The molecule has 2 nitrogen and oxygen atoms in total. The molecule has 1 amide bonds. The van der Waals surface area contributed by atoms with Crippen LogP contribution in [0.15, 0.2) is 12.3 Å². The molecule has 2 heteroatoms. The third kappa shape index (κ3) is 7.21. The lowest BCUT2D eigenvalue weighted by Gasteiger charge is -1.86. The van der Waals surface area contributed by atoms with Crippen LogP contribution < -0.4 is 5.32 Å². The Morgan fingerprint density at radius 3 is 3.00 bits per heavy atom. The zero-order valence-corrected chi connectivity index (χ0v) is 5.68. The molecule has 0 aromatic heterocycles. The van der Waals surface area contributed by atoms with E-state index in [9.17, 15) is 4.79 Å². The minimum atomic E-state index is 1.03. The summed E-state index contributed by atoms with van der Waals surface area (Å²) in [5, 5.41) is 2.32. The molecule has 51 valence electrons. The van der Waals surface area contributed by atoms with E-state index < -0.39 is 0 Å². The lowest BCUT2D eigenvalue weighted by Crippen LogP contribution is -1.97. The summed E-state index contributed by atoms with van der Waals surface area (Å²) in [6.45, 7) is 2.13. The van der Waals surface area contributed by atoms with Gasteiger partial charge in [0.15, 0.2) is 0 Å². The standard InChI is InChI=1S/C7H12NO/c1-2-3-4-5-6-8-7-9/h5-6H,2-4H2,1H3,(H,8,9)/b6-5+. The number of rotatable bonds is 5. The molecule has 0 heterocycles. The van der Waals surface area contributed by atoms with Crippen LogP contribution in [0.3, 0.4) is 0 Å². The lowest BCUT2D eigenvalue weighted by atomic mass is 10.2. The number of carbonyl (C=O) groups excluding carboxylic acids is 1. The molecule has 1 radical (unpaired) electrons. The van der Waals surface area contributed by atoms with Crippen LogP contribution in [0, 0.1) is 0 Å². The van der Waals surface area contributed by atoms with Crippen LogP contribution in [0.2, 0.25) is 0 Å². The predicted molar refractivity (Wildman–Crippen MR) is 37.5 cm³/mol. The average Bonchev–Trinajstić information content (AvgIpc) is 1.89. The Labute approximate surface area is 56.0 Å². The van der Waals surface area contributed by atoms with Crippen LogP contribution in [-0.2, 0) is 4.79 Å². The monoisotopic (exact) mass is 126 g/mol. The van der Waals surface area contributed by atoms with E-state index in [4.69, 9.17) is 0 Å². The average molecular weight is 126 g/mol. The second-order valence-corrected chi connectivity index (χ2v) is 1.79. The van der Waals surface area contributed by atoms with Gasteiger partial charge in [-0.2, -0.15) is 0 Å².